The molecule has 9 rings (SSSR count). The Morgan fingerprint density at radius 1 is 0.686 bits per heavy atom. The van der Waals surface area contributed by atoms with E-state index in [-0.39, 0.29) is 111 Å². The van der Waals surface area contributed by atoms with E-state index in [4.69, 9.17) is 29.6 Å². The van der Waals surface area contributed by atoms with Gasteiger partial charge in [0.05, 0.1) is 43.4 Å². The highest BCUT2D eigenvalue weighted by Gasteiger charge is 2.52. The number of anilines is 3. The van der Waals surface area contributed by atoms with Crippen molar-refractivity contribution in [3.05, 3.63) is 143 Å². The number of rotatable bonds is 47. The van der Waals surface area contributed by atoms with Gasteiger partial charge in [-0.2, -0.15) is 0 Å². The van der Waals surface area contributed by atoms with Crippen LogP contribution < -0.4 is 32.6 Å². The summed E-state index contributed by atoms with van der Waals surface area (Å²) in [6.07, 6.45) is 18.1. The van der Waals surface area contributed by atoms with Gasteiger partial charge in [0.15, 0.2) is 0 Å². The van der Waals surface area contributed by atoms with Gasteiger partial charge in [0.1, 0.15) is 18.8 Å². The summed E-state index contributed by atoms with van der Waals surface area (Å²) in [6, 6.07) is 20.6. The molecule has 1 fully saturated rings. The number of aromatic amines is 1. The summed E-state index contributed by atoms with van der Waals surface area (Å²) in [4.78, 5) is 118. The predicted octanol–water partition coefficient (Wildman–Crippen LogP) is 9.81. The number of ether oxygens (including phenoxy) is 2. The first-order valence-electron chi connectivity index (χ1n) is 35.8. The fraction of sp³-hybridized carbons (Fsp3) is 0.528. The molecule has 2 heterocycles. The number of carbonyl (C=O) groups excluding carboxylic acids is 6. The van der Waals surface area contributed by atoms with E-state index in [1.807, 2.05) is 36.4 Å². The second kappa shape index (κ2) is 40.5. The van der Waals surface area contributed by atoms with Crippen LogP contribution in [0, 0.1) is 10.8 Å². The number of nitrogens with zero attached hydrogens (tertiary/aromatic N) is 6. The van der Waals surface area contributed by atoms with Crippen LogP contribution in [-0.4, -0.2) is 174 Å². The first-order valence-corrected chi connectivity index (χ1v) is 35.8. The van der Waals surface area contributed by atoms with E-state index in [0.717, 1.165) is 142 Å². The first-order chi connectivity index (χ1) is 49.4. The Morgan fingerprint density at radius 2 is 1.18 bits per heavy atom. The Hall–Kier alpha value is -9.08. The number of unbranched alkanes of at least 4 members (excludes halogenated alkanes) is 12. The fourth-order valence-corrected chi connectivity index (χ4v) is 13.9. The standard InChI is InChI=1S/C72H96B3N13O14/c1-75(97)79-34-18-12-6-9-15-21-65(91)82-52-25-29-56-60(44-52)72(31-30-66(92)86(2)35-37-98-39-40-99-38-36-87(3)69(94)62-45-53(84-85-78)46-88(62)68(93)49-22-26-57-61(41-49)83-71(96)102-70(57)95)58-42-50(80-63(89)19-13-7-4-10-16-32-73-100-47-76)23-27-54(58)67(56)55-28-24-51(43-59(55)72)81-64(90)20-14-8-5-11-17-33-74-101-48-77/h22-29,41-44,47-48,53,62,67,76-77,79,97H,4-21,30-40,45-46H2,1-3H3,(H,80,89)(H,81,90)(H,82,91)(H,83,96)/t53-,62-,67?,72?/m0/s1. The molecule has 3 aliphatic carbocycles. The summed E-state index contributed by atoms with van der Waals surface area (Å²) in [5.74, 6) is -2.72. The number of likely N-dealkylation sites (N-methyl/N-ethyl adjacent to an activating group) is 2. The predicted molar refractivity (Wildman–Crippen MR) is 393 cm³/mol. The van der Waals surface area contributed by atoms with Crippen molar-refractivity contribution in [2.45, 2.75) is 178 Å². The van der Waals surface area contributed by atoms with Crippen molar-refractivity contribution in [2.75, 3.05) is 82.7 Å². The second-order valence-electron chi connectivity index (χ2n) is 26.4. The highest BCUT2D eigenvalue weighted by atomic mass is 16.5. The topological polar surface area (TPSA) is 377 Å². The van der Waals surface area contributed by atoms with E-state index in [1.165, 1.54) is 28.0 Å². The maximum absolute atomic E-state index is 14.7. The lowest BCUT2D eigenvalue weighted by Crippen LogP contribution is -2.47. The minimum Gasteiger partial charge on any atom is -0.556 e. The minimum atomic E-state index is -1.03. The van der Waals surface area contributed by atoms with Crippen LogP contribution in [0.15, 0.2) is 91.9 Å². The molecule has 6 amide bonds. The van der Waals surface area contributed by atoms with Crippen molar-refractivity contribution in [1.82, 2.24) is 24.9 Å². The molecular formula is C72H96B3N13O14. The number of aromatic nitrogens is 1. The molecular weight excluding hydrogens is 1300 g/mol. The summed E-state index contributed by atoms with van der Waals surface area (Å²) in [5.41, 5.74) is 15.1. The van der Waals surface area contributed by atoms with Crippen molar-refractivity contribution in [3.8, 4) is 0 Å². The number of fused-ring (bicyclic) bond motifs is 1. The van der Waals surface area contributed by atoms with Crippen LogP contribution in [0.5, 0.6) is 0 Å². The lowest BCUT2D eigenvalue weighted by molar-refractivity contribution is -0.135. The molecule has 5 aromatic rings. The van der Waals surface area contributed by atoms with Crippen molar-refractivity contribution < 1.29 is 57.0 Å². The molecule has 2 radical (unpaired) electrons. The molecule has 2 bridgehead atoms. The largest absolute Gasteiger partial charge is 0.556 e. The van der Waals surface area contributed by atoms with Gasteiger partial charge in [-0.15, -0.1) is 0 Å². The maximum atomic E-state index is 14.7. The molecule has 0 unspecified atom stereocenters. The van der Waals surface area contributed by atoms with Crippen LogP contribution in [0.1, 0.15) is 184 Å². The van der Waals surface area contributed by atoms with Gasteiger partial charge < -0.3 is 64.1 Å². The monoisotopic (exact) mass is 1400 g/mol. The molecule has 8 N–H and O–H groups in total. The van der Waals surface area contributed by atoms with Gasteiger partial charge in [-0.25, -0.2) is 9.59 Å². The number of likely N-dealkylation sites (tertiary alicyclic amines) is 1. The molecule has 2 atom stereocenters. The SMILES string of the molecule is CB(O)NCCCCCCCC(=O)Nc1ccc2c(c1)C1(CCC(=O)N(C)CCOCCOCCN(C)C(=O)[C@@H]3C[C@H](N=[N+]=[N-])CN3C(=O)c3ccc4c(=O)oc(=O)[nH]c4c3)c3cc(NC(=O)CCCCCCC[B]OC=N)ccc3C2c2ccc(NC(=O)CCCCCCC[B]OC=N)cc21. The zero-order chi connectivity index (χ0) is 72.8. The Balaban J connectivity index is 0.943. The summed E-state index contributed by atoms with van der Waals surface area (Å²) >= 11 is 0. The number of benzene rings is 4. The van der Waals surface area contributed by atoms with Gasteiger partial charge in [-0.05, 0) is 158 Å². The molecule has 1 saturated heterocycles. The second-order valence-corrected chi connectivity index (χ2v) is 26.4. The normalized spacial score (nSPS) is 16.0. The van der Waals surface area contributed by atoms with Gasteiger partial charge in [0, 0.05) is 98.3 Å². The van der Waals surface area contributed by atoms with Crippen molar-refractivity contribution in [3.63, 3.8) is 0 Å². The Bertz CT molecular complexity index is 3780. The summed E-state index contributed by atoms with van der Waals surface area (Å²) in [5, 5.41) is 40.1. The van der Waals surface area contributed by atoms with Gasteiger partial charge >= 0.3 is 33.4 Å². The number of hydrogen-bond acceptors (Lipinski definition) is 18. The van der Waals surface area contributed by atoms with Crippen molar-refractivity contribution >= 4 is 98.2 Å². The molecule has 1 aliphatic heterocycles. The first kappa shape index (κ1) is 78.6. The van der Waals surface area contributed by atoms with Crippen LogP contribution in [-0.2, 0) is 48.2 Å². The molecule has 4 aliphatic rings. The molecule has 27 nitrogen and oxygen atoms in total. The molecule has 0 saturated carbocycles. The average molecular weight is 1400 g/mol. The van der Waals surface area contributed by atoms with Crippen LogP contribution in [0.25, 0.3) is 21.3 Å². The van der Waals surface area contributed by atoms with E-state index in [0.29, 0.717) is 55.6 Å². The van der Waals surface area contributed by atoms with Gasteiger partial charge in [-0.1, -0.05) is 93.9 Å². The minimum absolute atomic E-state index is 0.0311. The molecule has 0 spiro atoms. The lowest BCUT2D eigenvalue weighted by atomic mass is 9.51. The smallest absolute Gasteiger partial charge is 0.419 e. The number of carbonyl (C=O) groups is 6. The van der Waals surface area contributed by atoms with Crippen LogP contribution >= 0.6 is 0 Å². The third-order valence-electron chi connectivity index (χ3n) is 19.1. The van der Waals surface area contributed by atoms with E-state index < -0.39 is 47.7 Å². The number of azide groups is 1. The maximum Gasteiger partial charge on any atom is 0.419 e. The van der Waals surface area contributed by atoms with E-state index in [1.54, 1.807) is 40.8 Å². The quantitative estimate of drug-likeness (QED) is 0.00342. The molecule has 30 heteroatoms. The highest BCUT2D eigenvalue weighted by Crippen LogP contribution is 2.62. The zero-order valence-corrected chi connectivity index (χ0v) is 58.9. The summed E-state index contributed by atoms with van der Waals surface area (Å²) in [7, 11) is 5.98. The Morgan fingerprint density at radius 3 is 1.68 bits per heavy atom. The Kier molecular flexibility index (Phi) is 31.3. The summed E-state index contributed by atoms with van der Waals surface area (Å²) < 4.78 is 26.3. The van der Waals surface area contributed by atoms with E-state index in [2.05, 4.69) is 58.8 Å². The summed E-state index contributed by atoms with van der Waals surface area (Å²) in [6.45, 7) is 3.44. The van der Waals surface area contributed by atoms with Gasteiger partial charge in [0.2, 0.25) is 29.5 Å². The van der Waals surface area contributed by atoms with Crippen molar-refractivity contribution in [2.24, 2.45) is 5.11 Å². The average Bonchev–Trinajstić information content (AvgIpc) is 0.730. The van der Waals surface area contributed by atoms with Crippen LogP contribution in [0.3, 0.4) is 0 Å². The van der Waals surface area contributed by atoms with Gasteiger partial charge in [-0.3, -0.25) is 44.6 Å². The Labute approximate surface area is 597 Å². The highest BCUT2D eigenvalue weighted by molar-refractivity contribution is 6.45. The zero-order valence-electron chi connectivity index (χ0n) is 58.9. The third-order valence-corrected chi connectivity index (χ3v) is 19.1. The number of amides is 6. The molecule has 102 heavy (non-hydrogen) atoms. The number of H-pyrrole nitrogens is 1. The third kappa shape index (κ3) is 22.2. The van der Waals surface area contributed by atoms with Crippen LogP contribution in [0.4, 0.5) is 17.1 Å². The molecule has 542 valence electrons. The van der Waals surface area contributed by atoms with E-state index >= 15 is 0 Å². The fourth-order valence-electron chi connectivity index (χ4n) is 13.9. The molecule has 1 aromatic heterocycles. The lowest BCUT2D eigenvalue weighted by Gasteiger charge is -2.51. The number of nitrogens with one attached hydrogen (secondary N) is 7. The van der Waals surface area contributed by atoms with Crippen molar-refractivity contribution in [1.29, 1.82) is 10.8 Å². The van der Waals surface area contributed by atoms with E-state index in [9.17, 15) is 48.9 Å². The number of hydrogen-bond donors (Lipinski definition) is 8. The van der Waals surface area contributed by atoms with Crippen LogP contribution in [0.2, 0.25) is 19.5 Å². The van der Waals surface area contributed by atoms with Gasteiger partial charge in [0.25, 0.3) is 5.91 Å². The molecule has 4 aromatic carbocycles.